The van der Waals surface area contributed by atoms with Crippen LogP contribution in [-0.4, -0.2) is 24.3 Å². The second-order valence-corrected chi connectivity index (χ2v) is 6.81. The van der Waals surface area contributed by atoms with E-state index in [1.165, 1.54) is 22.1 Å². The Morgan fingerprint density at radius 3 is 2.88 bits per heavy atom. The average Bonchev–Trinajstić information content (AvgIpc) is 3.17. The van der Waals surface area contributed by atoms with E-state index in [9.17, 15) is 0 Å². The number of aryl methyl sites for hydroxylation is 1. The Bertz CT molecular complexity index is 883. The lowest BCUT2D eigenvalue weighted by Gasteiger charge is -2.17. The topological polar surface area (TPSA) is 43.4 Å². The highest BCUT2D eigenvalue weighted by atomic mass is 16.5. The van der Waals surface area contributed by atoms with Gasteiger partial charge in [0.1, 0.15) is 11.9 Å². The van der Waals surface area contributed by atoms with Crippen molar-refractivity contribution in [2.24, 2.45) is 0 Å². The van der Waals surface area contributed by atoms with Crippen molar-refractivity contribution in [3.05, 3.63) is 71.4 Å². The fraction of sp³-hybridized carbons (Fsp3) is 0.318. The van der Waals surface area contributed by atoms with Crippen molar-refractivity contribution in [2.45, 2.75) is 32.5 Å². The standard InChI is InChI=1S/C22H24N2O2/c1-16-7-8-18(21(12-16)26-20-9-11-25-15-20)13-23-14-19-5-2-4-17-6-3-10-24-22(17)19/h2-8,10,12,20,23H,9,11,13-15H2,1H3. The van der Waals surface area contributed by atoms with Crippen LogP contribution in [-0.2, 0) is 17.8 Å². The highest BCUT2D eigenvalue weighted by Gasteiger charge is 2.18. The summed E-state index contributed by atoms with van der Waals surface area (Å²) in [6.07, 6.45) is 2.97. The van der Waals surface area contributed by atoms with Gasteiger partial charge in [0.15, 0.2) is 0 Å². The Morgan fingerprint density at radius 2 is 2.00 bits per heavy atom. The zero-order valence-electron chi connectivity index (χ0n) is 15.1. The molecule has 1 saturated heterocycles. The smallest absolute Gasteiger partial charge is 0.124 e. The van der Waals surface area contributed by atoms with Crippen molar-refractivity contribution < 1.29 is 9.47 Å². The van der Waals surface area contributed by atoms with Crippen LogP contribution in [0.4, 0.5) is 0 Å². The Labute approximate surface area is 154 Å². The molecule has 1 aromatic heterocycles. The van der Waals surface area contributed by atoms with Crippen molar-refractivity contribution in [3.8, 4) is 5.75 Å². The zero-order chi connectivity index (χ0) is 17.8. The van der Waals surface area contributed by atoms with Gasteiger partial charge < -0.3 is 14.8 Å². The summed E-state index contributed by atoms with van der Waals surface area (Å²) in [6, 6.07) is 16.8. The van der Waals surface area contributed by atoms with Gasteiger partial charge in [-0.15, -0.1) is 0 Å². The van der Waals surface area contributed by atoms with E-state index in [4.69, 9.17) is 9.47 Å². The molecule has 1 fully saturated rings. The van der Waals surface area contributed by atoms with Crippen molar-refractivity contribution in [1.29, 1.82) is 0 Å². The van der Waals surface area contributed by atoms with Gasteiger partial charge in [-0.05, 0) is 30.2 Å². The normalized spacial score (nSPS) is 16.9. The molecule has 4 nitrogen and oxygen atoms in total. The first-order valence-electron chi connectivity index (χ1n) is 9.17. The van der Waals surface area contributed by atoms with Crippen LogP contribution in [0.3, 0.4) is 0 Å². The molecular formula is C22H24N2O2. The minimum Gasteiger partial charge on any atom is -0.488 e. The molecule has 0 aliphatic carbocycles. The number of hydrogen-bond acceptors (Lipinski definition) is 4. The summed E-state index contributed by atoms with van der Waals surface area (Å²) in [6.45, 7) is 5.10. The molecule has 0 radical (unpaired) electrons. The predicted octanol–water partition coefficient (Wildman–Crippen LogP) is 4.00. The molecule has 134 valence electrons. The van der Waals surface area contributed by atoms with Gasteiger partial charge >= 0.3 is 0 Å². The first kappa shape index (κ1) is 17.0. The van der Waals surface area contributed by atoms with Gasteiger partial charge in [0.05, 0.1) is 18.7 Å². The maximum atomic E-state index is 6.18. The van der Waals surface area contributed by atoms with Gasteiger partial charge in [-0.3, -0.25) is 4.98 Å². The van der Waals surface area contributed by atoms with Crippen molar-refractivity contribution in [2.75, 3.05) is 13.2 Å². The van der Waals surface area contributed by atoms with Crippen molar-refractivity contribution >= 4 is 10.9 Å². The maximum Gasteiger partial charge on any atom is 0.124 e. The highest BCUT2D eigenvalue weighted by Crippen LogP contribution is 2.24. The first-order chi connectivity index (χ1) is 12.8. The summed E-state index contributed by atoms with van der Waals surface area (Å²) < 4.78 is 11.6. The van der Waals surface area contributed by atoms with Crippen LogP contribution in [0.25, 0.3) is 10.9 Å². The van der Waals surface area contributed by atoms with Gasteiger partial charge in [-0.1, -0.05) is 36.4 Å². The van der Waals surface area contributed by atoms with Crippen LogP contribution >= 0.6 is 0 Å². The Morgan fingerprint density at radius 1 is 1.12 bits per heavy atom. The first-order valence-corrected chi connectivity index (χ1v) is 9.17. The minimum absolute atomic E-state index is 0.165. The van der Waals surface area contributed by atoms with Crippen LogP contribution in [0.2, 0.25) is 0 Å². The fourth-order valence-corrected chi connectivity index (χ4v) is 3.34. The molecular weight excluding hydrogens is 324 g/mol. The molecule has 0 saturated carbocycles. The van der Waals surface area contributed by atoms with Crippen LogP contribution in [0.15, 0.2) is 54.7 Å². The number of hydrogen-bond donors (Lipinski definition) is 1. The summed E-state index contributed by atoms with van der Waals surface area (Å²) in [5, 5.41) is 4.72. The van der Waals surface area contributed by atoms with E-state index in [0.29, 0.717) is 6.61 Å². The van der Waals surface area contributed by atoms with E-state index in [-0.39, 0.29) is 6.10 Å². The molecule has 4 rings (SSSR count). The van der Waals surface area contributed by atoms with E-state index in [0.717, 1.165) is 37.4 Å². The molecule has 1 N–H and O–H groups in total. The van der Waals surface area contributed by atoms with Gasteiger partial charge in [0.2, 0.25) is 0 Å². The summed E-state index contributed by atoms with van der Waals surface area (Å²) in [5.74, 6) is 0.962. The number of fused-ring (bicyclic) bond motifs is 1. The highest BCUT2D eigenvalue weighted by molar-refractivity contribution is 5.81. The lowest BCUT2D eigenvalue weighted by Crippen LogP contribution is -2.19. The lowest BCUT2D eigenvalue weighted by molar-refractivity contribution is 0.140. The molecule has 0 spiro atoms. The van der Waals surface area contributed by atoms with Crippen molar-refractivity contribution in [1.82, 2.24) is 10.3 Å². The lowest BCUT2D eigenvalue weighted by atomic mass is 10.1. The quantitative estimate of drug-likeness (QED) is 0.731. The molecule has 1 aliphatic heterocycles. The second kappa shape index (κ2) is 7.85. The number of rotatable bonds is 6. The van der Waals surface area contributed by atoms with Crippen LogP contribution in [0.1, 0.15) is 23.1 Å². The van der Waals surface area contributed by atoms with E-state index in [1.807, 2.05) is 12.3 Å². The van der Waals surface area contributed by atoms with E-state index < -0.39 is 0 Å². The molecule has 0 amide bonds. The molecule has 2 heterocycles. The molecule has 2 aromatic carbocycles. The SMILES string of the molecule is Cc1ccc(CNCc2cccc3cccnc23)c(OC2CCOC2)c1. The number of nitrogens with one attached hydrogen (secondary N) is 1. The fourth-order valence-electron chi connectivity index (χ4n) is 3.34. The summed E-state index contributed by atoms with van der Waals surface area (Å²) >= 11 is 0. The number of benzene rings is 2. The van der Waals surface area contributed by atoms with E-state index in [1.54, 1.807) is 0 Å². The monoisotopic (exact) mass is 348 g/mol. The molecule has 0 bridgehead atoms. The predicted molar refractivity (Wildman–Crippen MR) is 103 cm³/mol. The summed E-state index contributed by atoms with van der Waals surface area (Å²) in [4.78, 5) is 4.53. The summed E-state index contributed by atoms with van der Waals surface area (Å²) in [7, 11) is 0. The molecule has 1 atom stereocenters. The van der Waals surface area contributed by atoms with Crippen molar-refractivity contribution in [3.63, 3.8) is 0 Å². The van der Waals surface area contributed by atoms with Gasteiger partial charge in [0, 0.05) is 36.7 Å². The number of ether oxygens (including phenoxy) is 2. The zero-order valence-corrected chi connectivity index (χ0v) is 15.1. The third kappa shape index (κ3) is 3.87. The summed E-state index contributed by atoms with van der Waals surface area (Å²) in [5.41, 5.74) is 4.66. The Kier molecular flexibility index (Phi) is 5.14. The van der Waals surface area contributed by atoms with Gasteiger partial charge in [-0.2, -0.15) is 0 Å². The van der Waals surface area contributed by atoms with E-state index >= 15 is 0 Å². The van der Waals surface area contributed by atoms with Gasteiger partial charge in [0.25, 0.3) is 0 Å². The minimum atomic E-state index is 0.165. The van der Waals surface area contributed by atoms with Crippen LogP contribution in [0, 0.1) is 6.92 Å². The molecule has 3 aromatic rings. The molecule has 1 unspecified atom stereocenters. The van der Waals surface area contributed by atoms with Crippen LogP contribution < -0.4 is 10.1 Å². The average molecular weight is 348 g/mol. The maximum absolute atomic E-state index is 6.18. The largest absolute Gasteiger partial charge is 0.488 e. The Balaban J connectivity index is 1.45. The Hall–Kier alpha value is -2.43. The number of para-hydroxylation sites is 1. The van der Waals surface area contributed by atoms with E-state index in [2.05, 4.69) is 59.7 Å². The number of nitrogens with zero attached hydrogens (tertiary/aromatic N) is 1. The molecule has 26 heavy (non-hydrogen) atoms. The van der Waals surface area contributed by atoms with Crippen LogP contribution in [0.5, 0.6) is 5.75 Å². The second-order valence-electron chi connectivity index (χ2n) is 6.81. The molecule has 4 heteroatoms. The third-order valence-corrected chi connectivity index (χ3v) is 4.75. The van der Waals surface area contributed by atoms with Gasteiger partial charge in [-0.25, -0.2) is 0 Å². The molecule has 1 aliphatic rings. The number of aromatic nitrogens is 1. The number of pyridine rings is 1. The third-order valence-electron chi connectivity index (χ3n) is 4.75.